The minimum Gasteiger partial charge on any atom is -0.506 e. The quantitative estimate of drug-likeness (QED) is 0.863. The number of halogens is 1. The fourth-order valence-corrected chi connectivity index (χ4v) is 2.81. The zero-order valence-electron chi connectivity index (χ0n) is 10.0. The van der Waals surface area contributed by atoms with Crippen LogP contribution in [0.4, 0.5) is 0 Å². The molecule has 0 aromatic heterocycles. The van der Waals surface area contributed by atoms with Gasteiger partial charge in [-0.3, -0.25) is 0 Å². The maximum atomic E-state index is 10.1. The number of aromatic hydroxyl groups is 1. The maximum absolute atomic E-state index is 10.1. The molecule has 5 heteroatoms. The van der Waals surface area contributed by atoms with Gasteiger partial charge in [-0.05, 0) is 31.9 Å². The lowest BCUT2D eigenvalue weighted by atomic mass is 10.0. The molecule has 1 aromatic carbocycles. The topological polar surface area (TPSA) is 50.7 Å². The van der Waals surface area contributed by atoms with E-state index in [9.17, 15) is 5.11 Å². The van der Waals surface area contributed by atoms with Crippen LogP contribution in [-0.2, 0) is 6.42 Å². The largest absolute Gasteiger partial charge is 0.506 e. The molecule has 1 aromatic rings. The second kappa shape index (κ2) is 4.86. The van der Waals surface area contributed by atoms with Crippen molar-refractivity contribution in [2.45, 2.75) is 25.3 Å². The van der Waals surface area contributed by atoms with Gasteiger partial charge in [0.1, 0.15) is 24.0 Å². The first-order valence-corrected chi connectivity index (χ1v) is 6.67. The van der Waals surface area contributed by atoms with Crippen molar-refractivity contribution in [2.24, 2.45) is 0 Å². The third-order valence-corrected chi connectivity index (χ3v) is 3.81. The molecule has 0 aliphatic carbocycles. The number of fused-ring (bicyclic) bond motifs is 1. The van der Waals surface area contributed by atoms with Crippen molar-refractivity contribution in [3.05, 3.63) is 16.7 Å². The summed E-state index contributed by atoms with van der Waals surface area (Å²) in [5.74, 6) is 1.22. The SMILES string of the molecule is Oc1c(CC2CCCN2)cc2c(c1Cl)OCCO2. The second-order valence-corrected chi connectivity index (χ2v) is 5.10. The average Bonchev–Trinajstić information content (AvgIpc) is 2.89. The fraction of sp³-hybridized carbons (Fsp3) is 0.538. The van der Waals surface area contributed by atoms with Gasteiger partial charge in [0, 0.05) is 11.6 Å². The Balaban J connectivity index is 1.91. The molecule has 98 valence electrons. The normalized spacial score (nSPS) is 22.2. The van der Waals surface area contributed by atoms with Crippen LogP contribution in [0.15, 0.2) is 6.07 Å². The molecule has 1 atom stereocenters. The summed E-state index contributed by atoms with van der Waals surface area (Å²) in [4.78, 5) is 0. The summed E-state index contributed by atoms with van der Waals surface area (Å²) in [5, 5.41) is 13.8. The Morgan fingerprint density at radius 3 is 3.00 bits per heavy atom. The maximum Gasteiger partial charge on any atom is 0.183 e. The Kier molecular flexibility index (Phi) is 3.22. The summed E-state index contributed by atoms with van der Waals surface area (Å²) in [6, 6.07) is 2.25. The summed E-state index contributed by atoms with van der Waals surface area (Å²) in [6.45, 7) is 2.04. The standard InChI is InChI=1S/C13H16ClNO3/c14-11-12(16)8(6-9-2-1-3-15-9)7-10-13(11)18-5-4-17-10/h7,9,15-16H,1-6H2. The van der Waals surface area contributed by atoms with Crippen LogP contribution in [0, 0.1) is 0 Å². The highest BCUT2D eigenvalue weighted by Crippen LogP contribution is 2.45. The highest BCUT2D eigenvalue weighted by Gasteiger charge is 2.24. The Bertz CT molecular complexity index is 458. The van der Waals surface area contributed by atoms with E-state index >= 15 is 0 Å². The first kappa shape index (κ1) is 11.9. The van der Waals surface area contributed by atoms with Crippen LogP contribution in [0.3, 0.4) is 0 Å². The van der Waals surface area contributed by atoms with Gasteiger partial charge in [0.05, 0.1) is 0 Å². The number of nitrogens with one attached hydrogen (secondary N) is 1. The smallest absolute Gasteiger partial charge is 0.183 e. The third-order valence-electron chi connectivity index (χ3n) is 3.46. The molecule has 0 spiro atoms. The number of phenols is 1. The van der Waals surface area contributed by atoms with E-state index < -0.39 is 0 Å². The Hall–Kier alpha value is -1.13. The summed E-state index contributed by atoms with van der Waals surface area (Å²) in [5.41, 5.74) is 0.823. The molecule has 3 rings (SSSR count). The van der Waals surface area contributed by atoms with Gasteiger partial charge in [-0.1, -0.05) is 11.6 Å². The van der Waals surface area contributed by atoms with Crippen LogP contribution in [0.2, 0.25) is 5.02 Å². The Morgan fingerprint density at radius 1 is 1.39 bits per heavy atom. The number of benzene rings is 1. The van der Waals surface area contributed by atoms with E-state index in [2.05, 4.69) is 5.32 Å². The highest BCUT2D eigenvalue weighted by molar-refractivity contribution is 6.33. The van der Waals surface area contributed by atoms with E-state index in [1.807, 2.05) is 6.07 Å². The predicted molar refractivity (Wildman–Crippen MR) is 68.8 cm³/mol. The zero-order chi connectivity index (χ0) is 12.5. The first-order chi connectivity index (χ1) is 8.75. The molecule has 1 fully saturated rings. The van der Waals surface area contributed by atoms with Gasteiger partial charge in [0.15, 0.2) is 11.5 Å². The van der Waals surface area contributed by atoms with E-state index in [0.717, 1.165) is 24.9 Å². The summed E-state index contributed by atoms with van der Waals surface area (Å²) in [7, 11) is 0. The number of hydrogen-bond donors (Lipinski definition) is 2. The minimum absolute atomic E-state index is 0.120. The van der Waals surface area contributed by atoms with Crippen molar-refractivity contribution in [3.63, 3.8) is 0 Å². The van der Waals surface area contributed by atoms with Crippen molar-refractivity contribution in [1.82, 2.24) is 5.32 Å². The van der Waals surface area contributed by atoms with Crippen LogP contribution in [0.5, 0.6) is 17.2 Å². The van der Waals surface area contributed by atoms with E-state index in [1.165, 1.54) is 6.42 Å². The summed E-state index contributed by atoms with van der Waals surface area (Å²) >= 11 is 6.13. The lowest BCUT2D eigenvalue weighted by molar-refractivity contribution is 0.170. The highest BCUT2D eigenvalue weighted by atomic mass is 35.5. The summed E-state index contributed by atoms with van der Waals surface area (Å²) < 4.78 is 11.0. The molecule has 2 aliphatic rings. The second-order valence-electron chi connectivity index (χ2n) is 4.72. The van der Waals surface area contributed by atoms with Gasteiger partial charge in [-0.15, -0.1) is 0 Å². The predicted octanol–water partition coefficient (Wildman–Crippen LogP) is 2.11. The van der Waals surface area contributed by atoms with Crippen molar-refractivity contribution in [1.29, 1.82) is 0 Å². The van der Waals surface area contributed by atoms with Crippen molar-refractivity contribution < 1.29 is 14.6 Å². The first-order valence-electron chi connectivity index (χ1n) is 6.29. The number of ether oxygens (including phenoxy) is 2. The van der Waals surface area contributed by atoms with Crippen LogP contribution >= 0.6 is 11.6 Å². The van der Waals surface area contributed by atoms with Crippen molar-refractivity contribution in [3.8, 4) is 17.2 Å². The van der Waals surface area contributed by atoms with Crippen LogP contribution in [0.25, 0.3) is 0 Å². The molecular weight excluding hydrogens is 254 g/mol. The van der Waals surface area contributed by atoms with Crippen LogP contribution < -0.4 is 14.8 Å². The number of rotatable bonds is 2. The minimum atomic E-state index is 0.120. The number of phenolic OH excluding ortho intramolecular Hbond substituents is 1. The molecule has 1 saturated heterocycles. The molecule has 0 saturated carbocycles. The van der Waals surface area contributed by atoms with Gasteiger partial charge >= 0.3 is 0 Å². The van der Waals surface area contributed by atoms with Gasteiger partial charge in [-0.25, -0.2) is 0 Å². The van der Waals surface area contributed by atoms with Gasteiger partial charge in [0.25, 0.3) is 0 Å². The lowest BCUT2D eigenvalue weighted by Gasteiger charge is -2.22. The Morgan fingerprint density at radius 2 is 2.22 bits per heavy atom. The summed E-state index contributed by atoms with van der Waals surface area (Å²) in [6.07, 6.45) is 3.08. The van der Waals surface area contributed by atoms with E-state index in [1.54, 1.807) is 0 Å². The van der Waals surface area contributed by atoms with E-state index in [-0.39, 0.29) is 10.8 Å². The van der Waals surface area contributed by atoms with Gasteiger partial charge in [0.2, 0.25) is 0 Å². The van der Waals surface area contributed by atoms with Crippen molar-refractivity contribution >= 4 is 11.6 Å². The van der Waals surface area contributed by atoms with E-state index in [4.69, 9.17) is 21.1 Å². The molecule has 2 heterocycles. The molecule has 2 aliphatic heterocycles. The molecular formula is C13H16ClNO3. The van der Waals surface area contributed by atoms with Crippen molar-refractivity contribution in [2.75, 3.05) is 19.8 Å². The molecule has 0 radical (unpaired) electrons. The molecule has 2 N–H and O–H groups in total. The van der Waals surface area contributed by atoms with Gasteiger partial charge < -0.3 is 19.9 Å². The van der Waals surface area contributed by atoms with E-state index in [0.29, 0.717) is 30.8 Å². The van der Waals surface area contributed by atoms with Crippen LogP contribution in [-0.4, -0.2) is 30.9 Å². The molecule has 18 heavy (non-hydrogen) atoms. The zero-order valence-corrected chi connectivity index (χ0v) is 10.8. The molecule has 0 amide bonds. The molecule has 1 unspecified atom stereocenters. The van der Waals surface area contributed by atoms with Crippen LogP contribution in [0.1, 0.15) is 18.4 Å². The number of hydrogen-bond acceptors (Lipinski definition) is 4. The third kappa shape index (κ3) is 2.10. The fourth-order valence-electron chi connectivity index (χ4n) is 2.54. The van der Waals surface area contributed by atoms with Gasteiger partial charge in [-0.2, -0.15) is 0 Å². The lowest BCUT2D eigenvalue weighted by Crippen LogP contribution is -2.24. The molecule has 4 nitrogen and oxygen atoms in total. The molecule has 0 bridgehead atoms. The monoisotopic (exact) mass is 269 g/mol. The average molecular weight is 270 g/mol. The Labute approximate surface area is 111 Å².